The summed E-state index contributed by atoms with van der Waals surface area (Å²) in [5.41, 5.74) is 10.6. The molecule has 1 aromatic rings. The van der Waals surface area contributed by atoms with Crippen LogP contribution in [0.5, 0.6) is 5.75 Å². The van der Waals surface area contributed by atoms with Crippen LogP contribution in [0.25, 0.3) is 5.57 Å². The molecule has 0 aliphatic heterocycles. The van der Waals surface area contributed by atoms with Crippen molar-refractivity contribution in [3.05, 3.63) is 70.3 Å². The maximum Gasteiger partial charge on any atom is 0.126 e. The second kappa shape index (κ2) is 14.3. The molecule has 0 aliphatic carbocycles. The molecule has 1 rings (SSSR count). The van der Waals surface area contributed by atoms with Gasteiger partial charge in [0.1, 0.15) is 5.75 Å². The first kappa shape index (κ1) is 25.3. The average Bonchev–Trinajstić information content (AvgIpc) is 2.75. The molecule has 0 amide bonds. The van der Waals surface area contributed by atoms with Gasteiger partial charge in [-0.3, -0.25) is 0 Å². The fourth-order valence-corrected chi connectivity index (χ4v) is 3.24. The Morgan fingerprint density at radius 1 is 1.21 bits per heavy atom. The molecule has 0 fully saturated rings. The zero-order valence-electron chi connectivity index (χ0n) is 18.8. The van der Waals surface area contributed by atoms with Gasteiger partial charge in [-0.1, -0.05) is 87.2 Å². The van der Waals surface area contributed by atoms with Crippen molar-refractivity contribution >= 4 is 17.2 Å². The standard InChI is InChI=1S/C26H38ClNO/c1-6-8-13-22(27)16-17-23(21(4)12-11-18-28)25(19-20(3)7-2)24-14-9-10-15-26(24)29-5/h9-10,13-17,19-20H,6-8,11-12,18,28H2,1-5H3/b17-16-,22-13-,23-21-,25-19+. The van der Waals surface area contributed by atoms with Crippen LogP contribution in [-0.2, 0) is 0 Å². The van der Waals surface area contributed by atoms with E-state index in [0.29, 0.717) is 12.5 Å². The third-order valence-electron chi connectivity index (χ3n) is 5.04. The van der Waals surface area contributed by atoms with E-state index in [0.717, 1.165) is 48.4 Å². The minimum absolute atomic E-state index is 0.451. The van der Waals surface area contributed by atoms with Crippen LogP contribution in [-0.4, -0.2) is 13.7 Å². The van der Waals surface area contributed by atoms with Gasteiger partial charge in [0, 0.05) is 10.6 Å². The third-order valence-corrected chi connectivity index (χ3v) is 5.32. The van der Waals surface area contributed by atoms with Crippen LogP contribution < -0.4 is 10.5 Å². The number of hydrogen-bond acceptors (Lipinski definition) is 2. The van der Waals surface area contributed by atoms with Crippen LogP contribution in [0.1, 0.15) is 65.4 Å². The summed E-state index contributed by atoms with van der Waals surface area (Å²) in [6.07, 6.45) is 13.7. The van der Waals surface area contributed by atoms with Crippen LogP contribution >= 0.6 is 11.6 Å². The molecule has 0 bridgehead atoms. The summed E-state index contributed by atoms with van der Waals surface area (Å²) < 4.78 is 5.69. The molecule has 1 aromatic carbocycles. The number of ether oxygens (including phenoxy) is 1. The van der Waals surface area contributed by atoms with E-state index >= 15 is 0 Å². The molecule has 0 aliphatic rings. The van der Waals surface area contributed by atoms with Gasteiger partial charge in [-0.25, -0.2) is 0 Å². The van der Waals surface area contributed by atoms with E-state index in [9.17, 15) is 0 Å². The van der Waals surface area contributed by atoms with Gasteiger partial charge in [0.15, 0.2) is 0 Å². The maximum absolute atomic E-state index is 6.44. The van der Waals surface area contributed by atoms with E-state index in [2.05, 4.69) is 58.1 Å². The lowest BCUT2D eigenvalue weighted by Gasteiger charge is -2.18. The first-order valence-electron chi connectivity index (χ1n) is 10.8. The van der Waals surface area contributed by atoms with Crippen molar-refractivity contribution < 1.29 is 4.74 Å². The summed E-state index contributed by atoms with van der Waals surface area (Å²) in [5, 5.41) is 0.777. The van der Waals surface area contributed by atoms with Crippen LogP contribution in [0.4, 0.5) is 0 Å². The second-order valence-electron chi connectivity index (χ2n) is 7.46. The lowest BCUT2D eigenvalue weighted by Crippen LogP contribution is -2.02. The smallest absolute Gasteiger partial charge is 0.126 e. The minimum atomic E-state index is 0.451. The molecule has 0 aromatic heterocycles. The summed E-state index contributed by atoms with van der Waals surface area (Å²) in [6.45, 7) is 9.50. The number of halogens is 1. The summed E-state index contributed by atoms with van der Waals surface area (Å²) in [7, 11) is 1.73. The van der Waals surface area contributed by atoms with Gasteiger partial charge in [-0.15, -0.1) is 0 Å². The highest BCUT2D eigenvalue weighted by Gasteiger charge is 2.15. The minimum Gasteiger partial charge on any atom is -0.496 e. The van der Waals surface area contributed by atoms with Gasteiger partial charge in [0.25, 0.3) is 0 Å². The average molecular weight is 416 g/mol. The molecule has 1 atom stereocenters. The summed E-state index contributed by atoms with van der Waals surface area (Å²) in [5.74, 6) is 1.33. The predicted molar refractivity (Wildman–Crippen MR) is 129 cm³/mol. The van der Waals surface area contributed by atoms with Crippen LogP contribution in [0, 0.1) is 5.92 Å². The topological polar surface area (TPSA) is 35.2 Å². The summed E-state index contributed by atoms with van der Waals surface area (Å²) >= 11 is 6.44. The molecule has 0 saturated heterocycles. The number of unbranched alkanes of at least 4 members (excludes halogenated alkanes) is 1. The van der Waals surface area contributed by atoms with Crippen molar-refractivity contribution in [3.8, 4) is 5.75 Å². The Morgan fingerprint density at radius 2 is 1.93 bits per heavy atom. The van der Waals surface area contributed by atoms with E-state index in [1.54, 1.807) is 7.11 Å². The van der Waals surface area contributed by atoms with Crippen molar-refractivity contribution in [3.63, 3.8) is 0 Å². The zero-order valence-corrected chi connectivity index (χ0v) is 19.6. The molecule has 3 heteroatoms. The van der Waals surface area contributed by atoms with E-state index < -0.39 is 0 Å². The van der Waals surface area contributed by atoms with Crippen molar-refractivity contribution in [1.29, 1.82) is 0 Å². The van der Waals surface area contributed by atoms with E-state index in [1.165, 1.54) is 16.7 Å². The van der Waals surface area contributed by atoms with E-state index in [4.69, 9.17) is 22.1 Å². The number of nitrogens with two attached hydrogens (primary N) is 1. The molecule has 0 spiro atoms. The van der Waals surface area contributed by atoms with E-state index in [1.807, 2.05) is 18.2 Å². The highest BCUT2D eigenvalue weighted by molar-refractivity contribution is 6.31. The van der Waals surface area contributed by atoms with Crippen molar-refractivity contribution in [2.24, 2.45) is 11.7 Å². The number of rotatable bonds is 12. The number of benzene rings is 1. The highest BCUT2D eigenvalue weighted by Crippen LogP contribution is 2.35. The van der Waals surface area contributed by atoms with Crippen LogP contribution in [0.2, 0.25) is 0 Å². The third kappa shape index (κ3) is 8.64. The van der Waals surface area contributed by atoms with Crippen LogP contribution in [0.3, 0.4) is 0 Å². The van der Waals surface area contributed by atoms with E-state index in [-0.39, 0.29) is 0 Å². The van der Waals surface area contributed by atoms with Crippen molar-refractivity contribution in [2.75, 3.05) is 13.7 Å². The van der Waals surface area contributed by atoms with Gasteiger partial charge in [0.2, 0.25) is 0 Å². The van der Waals surface area contributed by atoms with Gasteiger partial charge >= 0.3 is 0 Å². The number of hydrogen-bond donors (Lipinski definition) is 1. The van der Waals surface area contributed by atoms with Crippen molar-refractivity contribution in [1.82, 2.24) is 0 Å². The Bertz CT molecular complexity index is 743. The quantitative estimate of drug-likeness (QED) is 0.355. The molecule has 2 nitrogen and oxygen atoms in total. The molecule has 0 radical (unpaired) electrons. The normalized spacial score (nSPS) is 14.9. The lowest BCUT2D eigenvalue weighted by atomic mass is 9.88. The zero-order chi connectivity index (χ0) is 21.6. The fourth-order valence-electron chi connectivity index (χ4n) is 3.07. The molecular formula is C26H38ClNO. The predicted octanol–water partition coefficient (Wildman–Crippen LogP) is 7.66. The maximum atomic E-state index is 6.44. The molecule has 0 heterocycles. The molecule has 29 heavy (non-hydrogen) atoms. The first-order valence-corrected chi connectivity index (χ1v) is 11.1. The Hall–Kier alpha value is -1.77. The Morgan fingerprint density at radius 3 is 2.55 bits per heavy atom. The SMILES string of the molecule is CCC/C=C(Cl)/C=C\C(=C(/C)CCCN)C(=C/C(C)CC)\c1ccccc1OC. The molecule has 160 valence electrons. The Balaban J connectivity index is 3.59. The number of para-hydroxylation sites is 1. The molecular weight excluding hydrogens is 378 g/mol. The Kier molecular flexibility index (Phi) is 12.4. The Labute approximate surface area is 183 Å². The molecule has 0 saturated carbocycles. The van der Waals surface area contributed by atoms with Gasteiger partial charge in [-0.2, -0.15) is 0 Å². The lowest BCUT2D eigenvalue weighted by molar-refractivity contribution is 0.413. The van der Waals surface area contributed by atoms with Crippen molar-refractivity contribution in [2.45, 2.75) is 59.8 Å². The van der Waals surface area contributed by atoms with Crippen LogP contribution in [0.15, 0.2) is 64.7 Å². The number of allylic oxidation sites excluding steroid dienone is 8. The number of methoxy groups -OCH3 is 1. The van der Waals surface area contributed by atoms with Gasteiger partial charge in [0.05, 0.1) is 7.11 Å². The van der Waals surface area contributed by atoms with Gasteiger partial charge in [-0.05, 0) is 61.9 Å². The molecule has 2 N–H and O–H groups in total. The molecule has 1 unspecified atom stereocenters. The highest BCUT2D eigenvalue weighted by atomic mass is 35.5. The fraction of sp³-hybridized carbons (Fsp3) is 0.462. The summed E-state index contributed by atoms with van der Waals surface area (Å²) in [6, 6.07) is 8.22. The second-order valence-corrected chi connectivity index (χ2v) is 7.90. The monoisotopic (exact) mass is 415 g/mol. The first-order chi connectivity index (χ1) is 14.0. The largest absolute Gasteiger partial charge is 0.496 e. The summed E-state index contributed by atoms with van der Waals surface area (Å²) in [4.78, 5) is 0. The van der Waals surface area contributed by atoms with Gasteiger partial charge < -0.3 is 10.5 Å².